The van der Waals surface area contributed by atoms with Crippen LogP contribution in [0.3, 0.4) is 0 Å². The van der Waals surface area contributed by atoms with Crippen molar-refractivity contribution in [2.45, 2.75) is 38.6 Å². The molecule has 2 aromatic carbocycles. The number of carbonyl (C=O) groups excluding carboxylic acids is 3. The number of nitrogens with one attached hydrogen (secondary N) is 1. The van der Waals surface area contributed by atoms with E-state index in [1.807, 2.05) is 13.0 Å². The molecule has 3 N–H and O–H groups in total. The second-order valence-corrected chi connectivity index (χ2v) is 10.5. The number of pyridine rings is 1. The summed E-state index contributed by atoms with van der Waals surface area (Å²) in [5, 5.41) is 2.72. The Morgan fingerprint density at radius 1 is 1.12 bits per heavy atom. The Labute approximate surface area is 235 Å². The van der Waals surface area contributed by atoms with E-state index in [9.17, 15) is 23.2 Å². The topological polar surface area (TPSA) is 105 Å². The molecule has 2 aliphatic rings. The first-order valence-electron chi connectivity index (χ1n) is 13.0. The van der Waals surface area contributed by atoms with E-state index in [4.69, 9.17) is 17.3 Å². The number of benzene rings is 2. The zero-order chi connectivity index (χ0) is 28.6. The minimum Gasteiger partial charge on any atom is -0.366 e. The van der Waals surface area contributed by atoms with Gasteiger partial charge in [0, 0.05) is 41.5 Å². The Bertz CT molecular complexity index is 1560. The highest BCUT2D eigenvalue weighted by molar-refractivity contribution is 6.31. The molecule has 0 aliphatic carbocycles. The van der Waals surface area contributed by atoms with E-state index in [0.717, 1.165) is 17.7 Å². The number of fused-ring (bicyclic) bond motifs is 4. The summed E-state index contributed by atoms with van der Waals surface area (Å²) in [6.07, 6.45) is 4.83. The fraction of sp³-hybridized carbons (Fsp3) is 0.267. The number of anilines is 1. The minimum atomic E-state index is -0.889. The first-order valence-corrected chi connectivity index (χ1v) is 13.4. The average molecular weight is 565 g/mol. The lowest BCUT2D eigenvalue weighted by Crippen LogP contribution is -2.38. The van der Waals surface area contributed by atoms with Crippen LogP contribution in [-0.2, 0) is 9.59 Å². The van der Waals surface area contributed by atoms with Crippen LogP contribution < -0.4 is 11.1 Å². The predicted molar refractivity (Wildman–Crippen MR) is 148 cm³/mol. The highest BCUT2D eigenvalue weighted by Crippen LogP contribution is 2.37. The molecule has 2 bridgehead atoms. The number of hydrogen-bond acceptors (Lipinski definition) is 4. The summed E-state index contributed by atoms with van der Waals surface area (Å²) in [4.78, 5) is 44.5. The quantitative estimate of drug-likeness (QED) is 0.387. The molecule has 40 heavy (non-hydrogen) atoms. The van der Waals surface area contributed by atoms with Gasteiger partial charge in [-0.15, -0.1) is 0 Å². The number of rotatable bonds is 3. The number of hydrogen-bond donors (Lipinski definition) is 2. The summed E-state index contributed by atoms with van der Waals surface area (Å²) in [5.41, 5.74) is 8.21. The average Bonchev–Trinajstić information content (AvgIpc) is 2.93. The molecular formula is C30H27ClF2N4O3. The maximum atomic E-state index is 14.7. The third-order valence-electron chi connectivity index (χ3n) is 7.50. The number of nitrogens with zero attached hydrogens (tertiary/aromatic N) is 2. The van der Waals surface area contributed by atoms with Crippen LogP contribution in [0.15, 0.2) is 54.7 Å². The number of halogens is 3. The van der Waals surface area contributed by atoms with Gasteiger partial charge in [0.15, 0.2) is 5.82 Å². The van der Waals surface area contributed by atoms with E-state index in [1.165, 1.54) is 6.08 Å². The van der Waals surface area contributed by atoms with Crippen LogP contribution in [-0.4, -0.2) is 34.2 Å². The standard InChI is InChI=1S/C30H27ClF2N4O3/c1-16-3-2-4-25(37-12-10-18(15-26(37)38)27-22(32)8-7-21(31)28(27)33)24-13-17(9-11-35-24)20-6-5-19(29(34)39)14-23(20)36-30(16)40/h5-9,11,13-16,25H,2-4,10,12H2,1H3,(H2,34,39)(H,36,40)/t16?,25-/m0/s1. The van der Waals surface area contributed by atoms with Crippen LogP contribution >= 0.6 is 11.6 Å². The first kappa shape index (κ1) is 27.5. The summed E-state index contributed by atoms with van der Waals surface area (Å²) in [5.74, 6) is -3.20. The van der Waals surface area contributed by atoms with Gasteiger partial charge in [-0.1, -0.05) is 31.0 Å². The van der Waals surface area contributed by atoms with Gasteiger partial charge in [0.2, 0.25) is 17.7 Å². The number of amides is 3. The largest absolute Gasteiger partial charge is 0.366 e. The maximum absolute atomic E-state index is 14.7. The maximum Gasteiger partial charge on any atom is 0.248 e. The van der Waals surface area contributed by atoms with E-state index in [-0.39, 0.29) is 52.4 Å². The van der Waals surface area contributed by atoms with Crippen LogP contribution in [0.1, 0.15) is 60.3 Å². The second kappa shape index (κ2) is 11.2. The minimum absolute atomic E-state index is 0.193. The van der Waals surface area contributed by atoms with Crippen LogP contribution in [0.5, 0.6) is 0 Å². The Morgan fingerprint density at radius 2 is 1.93 bits per heavy atom. The molecule has 3 heterocycles. The Hall–Kier alpha value is -4.11. The van der Waals surface area contributed by atoms with Gasteiger partial charge < -0.3 is 16.0 Å². The van der Waals surface area contributed by atoms with Crippen molar-refractivity contribution >= 4 is 40.6 Å². The van der Waals surface area contributed by atoms with Crippen molar-refractivity contribution in [2.24, 2.45) is 11.7 Å². The van der Waals surface area contributed by atoms with Gasteiger partial charge in [0.05, 0.1) is 22.3 Å². The molecule has 1 unspecified atom stereocenters. The van der Waals surface area contributed by atoms with Crippen molar-refractivity contribution in [3.8, 4) is 11.1 Å². The van der Waals surface area contributed by atoms with Crippen LogP contribution in [0.25, 0.3) is 16.7 Å². The third kappa shape index (κ3) is 5.34. The molecule has 10 heteroatoms. The van der Waals surface area contributed by atoms with E-state index in [2.05, 4.69) is 10.3 Å². The van der Waals surface area contributed by atoms with Crippen LogP contribution in [0.2, 0.25) is 5.02 Å². The molecule has 0 saturated carbocycles. The molecular weight excluding hydrogens is 538 g/mol. The zero-order valence-electron chi connectivity index (χ0n) is 21.7. The molecule has 0 radical (unpaired) electrons. The van der Waals surface area contributed by atoms with Gasteiger partial charge in [0.25, 0.3) is 0 Å². The fourth-order valence-corrected chi connectivity index (χ4v) is 5.46. The van der Waals surface area contributed by atoms with Crippen LogP contribution in [0.4, 0.5) is 14.5 Å². The van der Waals surface area contributed by atoms with Crippen molar-refractivity contribution in [1.82, 2.24) is 9.88 Å². The Kier molecular flexibility index (Phi) is 7.67. The molecule has 1 aromatic heterocycles. The van der Waals surface area contributed by atoms with E-state index >= 15 is 0 Å². The third-order valence-corrected chi connectivity index (χ3v) is 7.79. The molecule has 0 spiro atoms. The van der Waals surface area contributed by atoms with Crippen molar-refractivity contribution in [3.63, 3.8) is 0 Å². The van der Waals surface area contributed by atoms with E-state index in [0.29, 0.717) is 36.2 Å². The number of primary amides is 1. The van der Waals surface area contributed by atoms with E-state index in [1.54, 1.807) is 35.4 Å². The summed E-state index contributed by atoms with van der Waals surface area (Å²) in [7, 11) is 0. The summed E-state index contributed by atoms with van der Waals surface area (Å²) >= 11 is 5.88. The first-order chi connectivity index (χ1) is 19.1. The molecule has 0 saturated heterocycles. The zero-order valence-corrected chi connectivity index (χ0v) is 22.5. The Morgan fingerprint density at radius 3 is 2.67 bits per heavy atom. The van der Waals surface area contributed by atoms with Crippen molar-refractivity contribution in [2.75, 3.05) is 11.9 Å². The molecule has 2 atom stereocenters. The summed E-state index contributed by atoms with van der Waals surface area (Å²) in [6.45, 7) is 2.04. The van der Waals surface area contributed by atoms with Gasteiger partial charge >= 0.3 is 0 Å². The van der Waals surface area contributed by atoms with Gasteiger partial charge in [-0.05, 0) is 66.8 Å². The van der Waals surface area contributed by atoms with Crippen LogP contribution in [0, 0.1) is 17.6 Å². The van der Waals surface area contributed by atoms with E-state index < -0.39 is 23.6 Å². The van der Waals surface area contributed by atoms with Gasteiger partial charge in [-0.25, -0.2) is 8.78 Å². The summed E-state index contributed by atoms with van der Waals surface area (Å²) < 4.78 is 29.2. The smallest absolute Gasteiger partial charge is 0.248 e. The molecule has 7 nitrogen and oxygen atoms in total. The normalized spacial score (nSPS) is 19.6. The van der Waals surface area contributed by atoms with Crippen molar-refractivity contribution in [1.29, 1.82) is 0 Å². The molecule has 5 rings (SSSR count). The molecule has 3 amide bonds. The molecule has 3 aromatic rings. The predicted octanol–water partition coefficient (Wildman–Crippen LogP) is 5.89. The molecule has 0 fully saturated rings. The lowest BCUT2D eigenvalue weighted by Gasteiger charge is -2.34. The number of carbonyl (C=O) groups is 3. The van der Waals surface area contributed by atoms with Gasteiger partial charge in [-0.3, -0.25) is 19.4 Å². The molecule has 206 valence electrons. The fourth-order valence-electron chi connectivity index (χ4n) is 5.30. The summed E-state index contributed by atoms with van der Waals surface area (Å²) in [6, 6.07) is 10.3. The molecule has 2 aliphatic heterocycles. The number of aromatic nitrogens is 1. The van der Waals surface area contributed by atoms with Crippen molar-refractivity contribution < 1.29 is 23.2 Å². The lowest BCUT2D eigenvalue weighted by atomic mass is 9.92. The highest BCUT2D eigenvalue weighted by atomic mass is 35.5. The van der Waals surface area contributed by atoms with Gasteiger partial charge in [0.1, 0.15) is 5.82 Å². The van der Waals surface area contributed by atoms with Gasteiger partial charge in [-0.2, -0.15) is 0 Å². The monoisotopic (exact) mass is 564 g/mol. The number of nitrogens with two attached hydrogens (primary N) is 1. The Balaban J connectivity index is 1.54. The highest BCUT2D eigenvalue weighted by Gasteiger charge is 2.31. The lowest BCUT2D eigenvalue weighted by molar-refractivity contribution is -0.129. The second-order valence-electron chi connectivity index (χ2n) is 10.1. The SMILES string of the molecule is CC1CCC[C@H](N2CCC(c3c(F)ccc(Cl)c3F)=CC2=O)c2cc(ccn2)-c2ccc(C(N)=O)cc2NC1=O. The van der Waals surface area contributed by atoms with Crippen molar-refractivity contribution in [3.05, 3.63) is 88.2 Å².